The Morgan fingerprint density at radius 1 is 1.10 bits per heavy atom. The quantitative estimate of drug-likeness (QED) is 0.767. The minimum absolute atomic E-state index is 0.0907. The molecule has 4 nitrogen and oxygen atoms in total. The maximum absolute atomic E-state index is 11.9. The third-order valence-electron chi connectivity index (χ3n) is 2.66. The van der Waals surface area contributed by atoms with Gasteiger partial charge in [-0.2, -0.15) is 0 Å². The van der Waals surface area contributed by atoms with Gasteiger partial charge in [0.15, 0.2) is 21.3 Å². The number of ether oxygens (including phenoxy) is 2. The molecule has 2 aromatic carbocycles. The zero-order valence-electron chi connectivity index (χ0n) is 11.7. The van der Waals surface area contributed by atoms with Crippen molar-refractivity contribution in [3.63, 3.8) is 0 Å². The van der Waals surface area contributed by atoms with E-state index in [1.165, 1.54) is 6.07 Å². The Morgan fingerprint density at radius 3 is 2.43 bits per heavy atom. The molecule has 0 aliphatic rings. The zero-order valence-corrected chi connectivity index (χ0v) is 12.5. The van der Waals surface area contributed by atoms with Crippen molar-refractivity contribution in [2.45, 2.75) is 4.90 Å². The fourth-order valence-electron chi connectivity index (χ4n) is 1.76. The molecule has 0 atom stereocenters. The molecule has 0 fully saturated rings. The number of para-hydroxylation sites is 2. The second kappa shape index (κ2) is 6.45. The molecule has 0 amide bonds. The number of benzene rings is 2. The first-order chi connectivity index (χ1) is 10.0. The molecule has 0 spiro atoms. The second-order valence-corrected chi connectivity index (χ2v) is 6.35. The fourth-order valence-corrected chi connectivity index (χ4v) is 2.56. The van der Waals surface area contributed by atoms with Crippen LogP contribution >= 0.6 is 0 Å². The molecule has 21 heavy (non-hydrogen) atoms. The molecule has 0 aromatic heterocycles. The van der Waals surface area contributed by atoms with Gasteiger partial charge in [0.25, 0.3) is 0 Å². The number of sulfone groups is 1. The van der Waals surface area contributed by atoms with Gasteiger partial charge in [-0.15, -0.1) is 0 Å². The maximum atomic E-state index is 11.9. The normalized spacial score (nSPS) is 10.9. The summed E-state index contributed by atoms with van der Waals surface area (Å²) >= 11 is 0. The number of hydrogen-bond donors (Lipinski definition) is 0. The van der Waals surface area contributed by atoms with Crippen molar-refractivity contribution in [1.29, 1.82) is 0 Å². The smallest absolute Gasteiger partial charge is 0.187 e. The molecule has 5 heteroatoms. The van der Waals surface area contributed by atoms with Gasteiger partial charge in [-0.1, -0.05) is 36.9 Å². The van der Waals surface area contributed by atoms with Crippen molar-refractivity contribution in [2.24, 2.45) is 0 Å². The van der Waals surface area contributed by atoms with E-state index >= 15 is 0 Å². The van der Waals surface area contributed by atoms with Gasteiger partial charge in [0.1, 0.15) is 17.3 Å². The van der Waals surface area contributed by atoms with Crippen LogP contribution in [0.3, 0.4) is 0 Å². The standard InChI is InChI=1S/C16H16O4S/c1-3-12-19-14-10-7-11-15(21(2,17)18)16(14)20-13-8-5-4-6-9-13/h3-11H,1,12H2,2H3. The Morgan fingerprint density at radius 2 is 1.81 bits per heavy atom. The third-order valence-corrected chi connectivity index (χ3v) is 3.78. The van der Waals surface area contributed by atoms with E-state index in [0.29, 0.717) is 11.5 Å². The van der Waals surface area contributed by atoms with Crippen LogP contribution in [0, 0.1) is 0 Å². The first-order valence-electron chi connectivity index (χ1n) is 6.32. The molecular weight excluding hydrogens is 288 g/mol. The number of rotatable bonds is 6. The molecule has 0 aliphatic carbocycles. The summed E-state index contributed by atoms with van der Waals surface area (Å²) in [7, 11) is -3.43. The van der Waals surface area contributed by atoms with Gasteiger partial charge >= 0.3 is 0 Å². The van der Waals surface area contributed by atoms with Crippen LogP contribution in [0.2, 0.25) is 0 Å². The zero-order chi connectivity index (χ0) is 15.3. The van der Waals surface area contributed by atoms with Crippen molar-refractivity contribution in [2.75, 3.05) is 12.9 Å². The summed E-state index contributed by atoms with van der Waals surface area (Å²) in [6.45, 7) is 3.84. The van der Waals surface area contributed by atoms with Crippen LogP contribution in [0.25, 0.3) is 0 Å². The van der Waals surface area contributed by atoms with Crippen LogP contribution in [-0.2, 0) is 9.84 Å². The van der Waals surface area contributed by atoms with E-state index in [1.807, 2.05) is 18.2 Å². The molecule has 0 saturated carbocycles. The molecule has 0 heterocycles. The lowest BCUT2D eigenvalue weighted by Crippen LogP contribution is -2.03. The third kappa shape index (κ3) is 3.86. The monoisotopic (exact) mass is 304 g/mol. The largest absolute Gasteiger partial charge is 0.486 e. The minimum atomic E-state index is -3.43. The molecule has 0 bridgehead atoms. The SMILES string of the molecule is C=CCOc1cccc(S(C)(=O)=O)c1Oc1ccccc1. The Bertz CT molecular complexity index is 721. The van der Waals surface area contributed by atoms with E-state index in [0.717, 1.165) is 6.26 Å². The minimum Gasteiger partial charge on any atom is -0.486 e. The molecule has 110 valence electrons. The maximum Gasteiger partial charge on any atom is 0.187 e. The first-order valence-corrected chi connectivity index (χ1v) is 8.21. The predicted octanol–water partition coefficient (Wildman–Crippen LogP) is 3.45. The van der Waals surface area contributed by atoms with Crippen molar-refractivity contribution < 1.29 is 17.9 Å². The summed E-state index contributed by atoms with van der Waals surface area (Å²) in [5.74, 6) is 1.09. The van der Waals surface area contributed by atoms with Gasteiger partial charge < -0.3 is 9.47 Å². The first kappa shape index (κ1) is 15.1. The van der Waals surface area contributed by atoms with Gasteiger partial charge in [0.2, 0.25) is 0 Å². The Labute approximate surface area is 124 Å². The van der Waals surface area contributed by atoms with E-state index in [9.17, 15) is 8.42 Å². The van der Waals surface area contributed by atoms with Gasteiger partial charge in [-0.3, -0.25) is 0 Å². The molecular formula is C16H16O4S. The van der Waals surface area contributed by atoms with Crippen molar-refractivity contribution in [3.8, 4) is 17.2 Å². The lowest BCUT2D eigenvalue weighted by atomic mass is 10.3. The second-order valence-electron chi connectivity index (χ2n) is 4.37. The predicted molar refractivity (Wildman–Crippen MR) is 81.8 cm³/mol. The Balaban J connectivity index is 2.50. The van der Waals surface area contributed by atoms with Gasteiger partial charge in [0, 0.05) is 6.26 Å². The lowest BCUT2D eigenvalue weighted by molar-refractivity contribution is 0.336. The topological polar surface area (TPSA) is 52.6 Å². The van der Waals surface area contributed by atoms with Crippen LogP contribution in [0.15, 0.2) is 66.1 Å². The lowest BCUT2D eigenvalue weighted by Gasteiger charge is -2.14. The average Bonchev–Trinajstić information content (AvgIpc) is 2.46. The summed E-state index contributed by atoms with van der Waals surface area (Å²) in [5, 5.41) is 0. The highest BCUT2D eigenvalue weighted by Crippen LogP contribution is 2.37. The Kier molecular flexibility index (Phi) is 4.65. The molecule has 0 radical (unpaired) electrons. The average molecular weight is 304 g/mol. The van der Waals surface area contributed by atoms with Crippen molar-refractivity contribution in [3.05, 3.63) is 61.2 Å². The highest BCUT2D eigenvalue weighted by molar-refractivity contribution is 7.90. The van der Waals surface area contributed by atoms with Crippen LogP contribution in [-0.4, -0.2) is 21.3 Å². The van der Waals surface area contributed by atoms with E-state index in [2.05, 4.69) is 6.58 Å². The van der Waals surface area contributed by atoms with E-state index in [-0.39, 0.29) is 17.3 Å². The summed E-state index contributed by atoms with van der Waals surface area (Å²) in [5.41, 5.74) is 0. The number of hydrogen-bond acceptors (Lipinski definition) is 4. The highest BCUT2D eigenvalue weighted by Gasteiger charge is 2.19. The summed E-state index contributed by atoms with van der Waals surface area (Å²) < 4.78 is 35.0. The van der Waals surface area contributed by atoms with Gasteiger partial charge in [-0.25, -0.2) is 8.42 Å². The molecule has 0 saturated heterocycles. The van der Waals surface area contributed by atoms with E-state index < -0.39 is 9.84 Å². The van der Waals surface area contributed by atoms with Gasteiger partial charge in [0.05, 0.1) is 0 Å². The van der Waals surface area contributed by atoms with Crippen molar-refractivity contribution >= 4 is 9.84 Å². The summed E-state index contributed by atoms with van der Waals surface area (Å²) in [6, 6.07) is 13.7. The van der Waals surface area contributed by atoms with Gasteiger partial charge in [-0.05, 0) is 24.3 Å². The molecule has 0 N–H and O–H groups in total. The van der Waals surface area contributed by atoms with E-state index in [4.69, 9.17) is 9.47 Å². The summed E-state index contributed by atoms with van der Waals surface area (Å²) in [4.78, 5) is 0.0907. The van der Waals surface area contributed by atoms with E-state index in [1.54, 1.807) is 30.3 Å². The molecule has 0 aliphatic heterocycles. The van der Waals surface area contributed by atoms with Crippen LogP contribution < -0.4 is 9.47 Å². The van der Waals surface area contributed by atoms with Crippen molar-refractivity contribution in [1.82, 2.24) is 0 Å². The molecule has 2 rings (SSSR count). The molecule has 2 aromatic rings. The molecule has 0 unspecified atom stereocenters. The van der Waals surface area contributed by atoms with Crippen LogP contribution in [0.5, 0.6) is 17.2 Å². The fraction of sp³-hybridized carbons (Fsp3) is 0.125. The Hall–Kier alpha value is -2.27. The van der Waals surface area contributed by atoms with Crippen LogP contribution in [0.1, 0.15) is 0 Å². The van der Waals surface area contributed by atoms with Crippen LogP contribution in [0.4, 0.5) is 0 Å². The summed E-state index contributed by atoms with van der Waals surface area (Å²) in [6.07, 6.45) is 2.72. The highest BCUT2D eigenvalue weighted by atomic mass is 32.2.